The predicted octanol–water partition coefficient (Wildman–Crippen LogP) is 2.83. The van der Waals surface area contributed by atoms with Crippen LogP contribution in [-0.2, 0) is 6.42 Å². The molecule has 0 radical (unpaired) electrons. The van der Waals surface area contributed by atoms with Crippen LogP contribution in [0.5, 0.6) is 0 Å². The van der Waals surface area contributed by atoms with E-state index < -0.39 is 0 Å². The van der Waals surface area contributed by atoms with Gasteiger partial charge in [0.15, 0.2) is 5.82 Å². The second-order valence-corrected chi connectivity index (χ2v) is 6.01. The fourth-order valence-corrected chi connectivity index (χ4v) is 2.41. The van der Waals surface area contributed by atoms with E-state index in [2.05, 4.69) is 24.0 Å². The van der Waals surface area contributed by atoms with Crippen molar-refractivity contribution < 1.29 is 4.52 Å². The molecule has 100 valence electrons. The molecule has 1 saturated carbocycles. The summed E-state index contributed by atoms with van der Waals surface area (Å²) in [6.45, 7) is 4.45. The summed E-state index contributed by atoms with van der Waals surface area (Å²) in [6, 6.07) is 9.90. The van der Waals surface area contributed by atoms with E-state index in [1.807, 2.05) is 30.3 Å². The van der Waals surface area contributed by atoms with Gasteiger partial charge in [-0.15, -0.1) is 0 Å². The second kappa shape index (κ2) is 4.46. The van der Waals surface area contributed by atoms with E-state index in [-0.39, 0.29) is 6.04 Å². The Morgan fingerprint density at radius 1 is 1.37 bits per heavy atom. The van der Waals surface area contributed by atoms with Gasteiger partial charge < -0.3 is 10.3 Å². The molecule has 4 heteroatoms. The van der Waals surface area contributed by atoms with Crippen LogP contribution in [0.15, 0.2) is 34.9 Å². The fraction of sp³-hybridized carbons (Fsp3) is 0.467. The first-order valence-electron chi connectivity index (χ1n) is 6.69. The third-order valence-electron chi connectivity index (χ3n) is 3.93. The van der Waals surface area contributed by atoms with Gasteiger partial charge in [0.25, 0.3) is 0 Å². The normalized spacial score (nSPS) is 22.2. The number of nitrogens with two attached hydrogens (primary N) is 1. The molecule has 1 aromatic heterocycles. The lowest BCUT2D eigenvalue weighted by molar-refractivity contribution is 0.364. The standard InChI is InChI=1S/C15H19N3O/c1-15(2)9-11(15)14-17-13(19-18-14)8-12(16)10-6-4-3-5-7-10/h3-7,11-12H,8-9,16H2,1-2H3. The molecule has 4 nitrogen and oxygen atoms in total. The summed E-state index contributed by atoms with van der Waals surface area (Å²) in [5.74, 6) is 1.91. The molecule has 0 amide bonds. The molecular formula is C15H19N3O. The molecular weight excluding hydrogens is 238 g/mol. The van der Waals surface area contributed by atoms with Crippen LogP contribution < -0.4 is 5.73 Å². The van der Waals surface area contributed by atoms with Gasteiger partial charge in [0.2, 0.25) is 5.89 Å². The molecule has 1 aliphatic rings. The number of rotatable bonds is 4. The molecule has 1 aromatic carbocycles. The first kappa shape index (κ1) is 12.4. The topological polar surface area (TPSA) is 64.9 Å². The molecule has 3 rings (SSSR count). The average molecular weight is 257 g/mol. The molecule has 19 heavy (non-hydrogen) atoms. The number of hydrogen-bond donors (Lipinski definition) is 1. The molecule has 0 aliphatic heterocycles. The summed E-state index contributed by atoms with van der Waals surface area (Å²) in [6.07, 6.45) is 1.72. The Balaban J connectivity index is 1.68. The lowest BCUT2D eigenvalue weighted by Gasteiger charge is -2.08. The smallest absolute Gasteiger partial charge is 0.228 e. The largest absolute Gasteiger partial charge is 0.339 e. The van der Waals surface area contributed by atoms with Crippen molar-refractivity contribution in [1.82, 2.24) is 10.1 Å². The van der Waals surface area contributed by atoms with Gasteiger partial charge in [-0.3, -0.25) is 0 Å². The molecule has 0 saturated heterocycles. The van der Waals surface area contributed by atoms with Gasteiger partial charge in [-0.1, -0.05) is 49.3 Å². The Labute approximate surface area is 113 Å². The third kappa shape index (κ3) is 2.54. The maximum Gasteiger partial charge on any atom is 0.228 e. The predicted molar refractivity (Wildman–Crippen MR) is 72.5 cm³/mol. The molecule has 1 heterocycles. The molecule has 2 aromatic rings. The van der Waals surface area contributed by atoms with Crippen molar-refractivity contribution in [1.29, 1.82) is 0 Å². The summed E-state index contributed by atoms with van der Waals surface area (Å²) in [4.78, 5) is 4.48. The van der Waals surface area contributed by atoms with E-state index in [0.29, 0.717) is 23.6 Å². The summed E-state index contributed by atoms with van der Waals surface area (Å²) < 4.78 is 5.31. The molecule has 2 atom stereocenters. The molecule has 1 fully saturated rings. The zero-order valence-corrected chi connectivity index (χ0v) is 11.3. The van der Waals surface area contributed by atoms with Crippen molar-refractivity contribution in [3.8, 4) is 0 Å². The number of nitrogens with zero attached hydrogens (tertiary/aromatic N) is 2. The van der Waals surface area contributed by atoms with E-state index in [9.17, 15) is 0 Å². The van der Waals surface area contributed by atoms with E-state index in [1.165, 1.54) is 0 Å². The summed E-state index contributed by atoms with van der Waals surface area (Å²) in [7, 11) is 0. The first-order chi connectivity index (χ1) is 9.06. The van der Waals surface area contributed by atoms with Gasteiger partial charge in [-0.05, 0) is 17.4 Å². The molecule has 0 bridgehead atoms. The van der Waals surface area contributed by atoms with E-state index in [1.54, 1.807) is 0 Å². The van der Waals surface area contributed by atoms with Gasteiger partial charge in [-0.2, -0.15) is 4.98 Å². The monoisotopic (exact) mass is 257 g/mol. The fourth-order valence-electron chi connectivity index (χ4n) is 2.41. The number of aromatic nitrogens is 2. The van der Waals surface area contributed by atoms with Crippen LogP contribution in [0.1, 0.15) is 49.5 Å². The van der Waals surface area contributed by atoms with Gasteiger partial charge in [0, 0.05) is 18.4 Å². The summed E-state index contributed by atoms with van der Waals surface area (Å²) in [5.41, 5.74) is 7.57. The van der Waals surface area contributed by atoms with Crippen molar-refractivity contribution >= 4 is 0 Å². The maximum absolute atomic E-state index is 6.15. The zero-order chi connectivity index (χ0) is 13.5. The van der Waals surface area contributed by atoms with Crippen molar-refractivity contribution in [2.24, 2.45) is 11.1 Å². The van der Waals surface area contributed by atoms with Crippen LogP contribution in [0.25, 0.3) is 0 Å². The molecule has 1 aliphatic carbocycles. The number of hydrogen-bond acceptors (Lipinski definition) is 4. The second-order valence-electron chi connectivity index (χ2n) is 6.01. The Morgan fingerprint density at radius 2 is 2.05 bits per heavy atom. The Kier molecular flexibility index (Phi) is 2.90. The van der Waals surface area contributed by atoms with Crippen molar-refractivity contribution in [2.45, 2.75) is 38.6 Å². The molecule has 2 unspecified atom stereocenters. The Morgan fingerprint density at radius 3 is 2.68 bits per heavy atom. The maximum atomic E-state index is 6.15. The highest BCUT2D eigenvalue weighted by Gasteiger charge is 2.49. The van der Waals surface area contributed by atoms with Crippen molar-refractivity contribution in [3.05, 3.63) is 47.6 Å². The SMILES string of the molecule is CC1(C)CC1c1noc(CC(N)c2ccccc2)n1. The molecule has 0 spiro atoms. The van der Waals surface area contributed by atoms with E-state index in [4.69, 9.17) is 10.3 Å². The van der Waals surface area contributed by atoms with Crippen LogP contribution in [0.4, 0.5) is 0 Å². The minimum absolute atomic E-state index is 0.0956. The van der Waals surface area contributed by atoms with Crippen LogP contribution >= 0.6 is 0 Å². The Hall–Kier alpha value is -1.68. The van der Waals surface area contributed by atoms with Crippen LogP contribution in [0.2, 0.25) is 0 Å². The quantitative estimate of drug-likeness (QED) is 0.914. The summed E-state index contributed by atoms with van der Waals surface area (Å²) >= 11 is 0. The van der Waals surface area contributed by atoms with Crippen LogP contribution in [0, 0.1) is 5.41 Å². The average Bonchev–Trinajstić information content (AvgIpc) is 2.84. The minimum atomic E-state index is -0.0956. The highest BCUT2D eigenvalue weighted by molar-refractivity contribution is 5.20. The van der Waals surface area contributed by atoms with Gasteiger partial charge in [0.1, 0.15) is 0 Å². The van der Waals surface area contributed by atoms with E-state index in [0.717, 1.165) is 17.8 Å². The minimum Gasteiger partial charge on any atom is -0.339 e. The Bertz CT molecular complexity index is 562. The lowest BCUT2D eigenvalue weighted by Crippen LogP contribution is -2.13. The van der Waals surface area contributed by atoms with Crippen molar-refractivity contribution in [3.63, 3.8) is 0 Å². The third-order valence-corrected chi connectivity index (χ3v) is 3.93. The number of benzene rings is 1. The van der Waals surface area contributed by atoms with Gasteiger partial charge >= 0.3 is 0 Å². The highest BCUT2D eigenvalue weighted by Crippen LogP contribution is 2.57. The van der Waals surface area contributed by atoms with Gasteiger partial charge in [0.05, 0.1) is 0 Å². The summed E-state index contributed by atoms with van der Waals surface area (Å²) in [5, 5.41) is 4.08. The van der Waals surface area contributed by atoms with E-state index >= 15 is 0 Å². The first-order valence-corrected chi connectivity index (χ1v) is 6.69. The lowest BCUT2D eigenvalue weighted by atomic mass is 10.1. The van der Waals surface area contributed by atoms with Crippen LogP contribution in [-0.4, -0.2) is 10.1 Å². The highest BCUT2D eigenvalue weighted by atomic mass is 16.5. The van der Waals surface area contributed by atoms with Crippen molar-refractivity contribution in [2.75, 3.05) is 0 Å². The van der Waals surface area contributed by atoms with Crippen LogP contribution in [0.3, 0.4) is 0 Å². The zero-order valence-electron chi connectivity index (χ0n) is 11.3. The molecule has 2 N–H and O–H groups in total. The van der Waals surface area contributed by atoms with Gasteiger partial charge in [-0.25, -0.2) is 0 Å².